The van der Waals surface area contributed by atoms with E-state index in [1.54, 1.807) is 0 Å². The van der Waals surface area contributed by atoms with E-state index in [-0.39, 0.29) is 0 Å². The van der Waals surface area contributed by atoms with Crippen LogP contribution in [0.2, 0.25) is 0 Å². The summed E-state index contributed by atoms with van der Waals surface area (Å²) in [5.41, 5.74) is -1.39. The van der Waals surface area contributed by atoms with Crippen molar-refractivity contribution in [2.45, 2.75) is 13.0 Å². The average molecular weight is 240 g/mol. The van der Waals surface area contributed by atoms with Gasteiger partial charge in [-0.05, 0) is 6.92 Å². The Labute approximate surface area is 91.4 Å². The third kappa shape index (κ3) is 6.30. The zero-order chi connectivity index (χ0) is 13.4. The van der Waals surface area contributed by atoms with Gasteiger partial charge in [0.1, 0.15) is 5.41 Å². The number of hydrogen-bond donors (Lipinski definition) is 6. The second-order valence-corrected chi connectivity index (χ2v) is 3.22. The Morgan fingerprint density at radius 1 is 1.12 bits per heavy atom. The zero-order valence-electron chi connectivity index (χ0n) is 8.70. The second-order valence-electron chi connectivity index (χ2n) is 3.22. The first-order chi connectivity index (χ1) is 7.25. The molecule has 0 bridgehead atoms. The maximum atomic E-state index is 10.2. The van der Waals surface area contributed by atoms with Gasteiger partial charge in [-0.2, -0.15) is 0 Å². The summed E-state index contributed by atoms with van der Waals surface area (Å²) in [4.78, 5) is 19.7. The fourth-order valence-electron chi connectivity index (χ4n) is 0.263. The first-order valence-electron chi connectivity index (χ1n) is 4.22. The summed E-state index contributed by atoms with van der Waals surface area (Å²) in [6, 6.07) is 0. The van der Waals surface area contributed by atoms with E-state index >= 15 is 0 Å². The largest absolute Gasteiger partial charge is 0.481 e. The Balaban J connectivity index is 0. The van der Waals surface area contributed by atoms with Gasteiger partial charge in [0.15, 0.2) is 6.10 Å². The Bertz CT molecular complexity index is 222. The van der Waals surface area contributed by atoms with E-state index in [2.05, 4.69) is 0 Å². The van der Waals surface area contributed by atoms with Gasteiger partial charge in [0, 0.05) is 0 Å². The normalized spacial score (nSPS) is 12.3. The lowest BCUT2D eigenvalue weighted by Gasteiger charge is -2.17. The molecule has 0 fully saturated rings. The molecule has 0 rings (SSSR count). The van der Waals surface area contributed by atoms with Crippen molar-refractivity contribution < 1.29 is 40.2 Å². The molecular formula is C8H16O8. The molecule has 0 aliphatic rings. The molecule has 0 aromatic rings. The van der Waals surface area contributed by atoms with Crippen molar-refractivity contribution in [3.8, 4) is 0 Å². The van der Waals surface area contributed by atoms with Crippen LogP contribution in [0, 0.1) is 5.41 Å². The van der Waals surface area contributed by atoms with Crippen LogP contribution < -0.4 is 0 Å². The lowest BCUT2D eigenvalue weighted by atomic mass is 9.94. The van der Waals surface area contributed by atoms with Gasteiger partial charge in [-0.3, -0.25) is 4.79 Å². The zero-order valence-corrected chi connectivity index (χ0v) is 8.70. The molecule has 1 atom stereocenters. The minimum atomic E-state index is -1.63. The number of hydrogen-bond acceptors (Lipinski definition) is 6. The Morgan fingerprint density at radius 3 is 1.50 bits per heavy atom. The number of aliphatic hydroxyl groups is 4. The minimum absolute atomic E-state index is 0.543. The Morgan fingerprint density at radius 2 is 1.50 bits per heavy atom. The monoisotopic (exact) mass is 240 g/mol. The average Bonchev–Trinajstić information content (AvgIpc) is 2.27. The molecule has 6 N–H and O–H groups in total. The van der Waals surface area contributed by atoms with Crippen LogP contribution in [0.3, 0.4) is 0 Å². The van der Waals surface area contributed by atoms with E-state index < -0.39 is 43.3 Å². The van der Waals surface area contributed by atoms with Crippen LogP contribution in [-0.2, 0) is 9.59 Å². The number of rotatable bonds is 5. The molecule has 1 unspecified atom stereocenters. The number of carboxylic acid groups (broad SMARTS) is 2. The molecule has 0 aliphatic heterocycles. The highest BCUT2D eigenvalue weighted by atomic mass is 16.4. The lowest BCUT2D eigenvalue weighted by molar-refractivity contribution is -0.153. The maximum Gasteiger partial charge on any atom is 0.334 e. The highest BCUT2D eigenvalue weighted by Crippen LogP contribution is 2.12. The molecule has 96 valence electrons. The van der Waals surface area contributed by atoms with Crippen molar-refractivity contribution in [2.24, 2.45) is 5.41 Å². The fraction of sp³-hybridized carbons (Fsp3) is 0.750. The maximum absolute atomic E-state index is 10.2. The smallest absolute Gasteiger partial charge is 0.334 e. The Hall–Kier alpha value is -1.22. The summed E-state index contributed by atoms with van der Waals surface area (Å²) >= 11 is 0. The van der Waals surface area contributed by atoms with Crippen molar-refractivity contribution in [2.75, 3.05) is 19.8 Å². The summed E-state index contributed by atoms with van der Waals surface area (Å²) in [6.45, 7) is -0.539. The van der Waals surface area contributed by atoms with Gasteiger partial charge in [0.25, 0.3) is 0 Å². The molecule has 0 heterocycles. The van der Waals surface area contributed by atoms with Gasteiger partial charge in [-0.1, -0.05) is 0 Å². The van der Waals surface area contributed by atoms with Gasteiger partial charge in [-0.25, -0.2) is 4.79 Å². The summed E-state index contributed by atoms with van der Waals surface area (Å²) in [5.74, 6) is -2.59. The van der Waals surface area contributed by atoms with Crippen LogP contribution in [0.1, 0.15) is 6.92 Å². The third-order valence-corrected chi connectivity index (χ3v) is 1.67. The molecule has 8 heteroatoms. The molecule has 0 saturated heterocycles. The topological polar surface area (TPSA) is 156 Å². The molecule has 0 radical (unpaired) electrons. The summed E-state index contributed by atoms with van der Waals surface area (Å²) in [5, 5.41) is 48.9. The summed E-state index contributed by atoms with van der Waals surface area (Å²) in [7, 11) is 0. The van der Waals surface area contributed by atoms with Gasteiger partial charge in [0.05, 0.1) is 19.8 Å². The molecule has 0 amide bonds. The molecule has 0 aromatic carbocycles. The van der Waals surface area contributed by atoms with E-state index in [0.29, 0.717) is 0 Å². The predicted octanol–water partition coefficient (Wildman–Crippen LogP) is -2.51. The molecule has 0 saturated carbocycles. The highest BCUT2D eigenvalue weighted by Gasteiger charge is 2.31. The number of carboxylic acids is 2. The number of carbonyl (C=O) groups is 2. The van der Waals surface area contributed by atoms with E-state index in [4.69, 9.17) is 30.6 Å². The van der Waals surface area contributed by atoms with Crippen LogP contribution in [0.15, 0.2) is 0 Å². The Kier molecular flexibility index (Phi) is 8.58. The van der Waals surface area contributed by atoms with Crippen molar-refractivity contribution in [3.63, 3.8) is 0 Å². The van der Waals surface area contributed by atoms with E-state index in [1.165, 1.54) is 6.92 Å². The second kappa shape index (κ2) is 7.99. The molecule has 16 heavy (non-hydrogen) atoms. The van der Waals surface area contributed by atoms with E-state index in [1.807, 2.05) is 0 Å². The highest BCUT2D eigenvalue weighted by molar-refractivity contribution is 5.74. The van der Waals surface area contributed by atoms with Gasteiger partial charge in [-0.15, -0.1) is 0 Å². The van der Waals surface area contributed by atoms with Crippen molar-refractivity contribution in [3.05, 3.63) is 0 Å². The van der Waals surface area contributed by atoms with E-state index in [9.17, 15) is 9.59 Å². The van der Waals surface area contributed by atoms with Crippen molar-refractivity contribution >= 4 is 11.9 Å². The van der Waals surface area contributed by atoms with Crippen molar-refractivity contribution in [1.82, 2.24) is 0 Å². The van der Waals surface area contributed by atoms with Gasteiger partial charge in [0.2, 0.25) is 0 Å². The van der Waals surface area contributed by atoms with Crippen LogP contribution in [0.4, 0.5) is 0 Å². The quantitative estimate of drug-likeness (QED) is 0.307. The minimum Gasteiger partial charge on any atom is -0.481 e. The van der Waals surface area contributed by atoms with Crippen molar-refractivity contribution in [1.29, 1.82) is 0 Å². The van der Waals surface area contributed by atoms with Crippen LogP contribution >= 0.6 is 0 Å². The fourth-order valence-corrected chi connectivity index (χ4v) is 0.263. The van der Waals surface area contributed by atoms with E-state index in [0.717, 1.165) is 0 Å². The third-order valence-electron chi connectivity index (χ3n) is 1.67. The molecule has 0 aliphatic carbocycles. The molecule has 0 aromatic heterocycles. The first-order valence-corrected chi connectivity index (χ1v) is 4.22. The standard InChI is InChI=1S/C5H10O4.C3H6O4/c1-5(2-6,3-7)4(8)9;4-1-2(5)3(6)7/h6-7H,2-3H2,1H3,(H,8,9);2,4-5H,1H2,(H,6,7). The van der Waals surface area contributed by atoms with Crippen LogP contribution in [0.5, 0.6) is 0 Å². The molecule has 8 nitrogen and oxygen atoms in total. The van der Waals surface area contributed by atoms with Crippen LogP contribution in [-0.4, -0.2) is 68.5 Å². The SMILES string of the molecule is CC(CO)(CO)C(=O)O.O=C(O)C(O)CO. The lowest BCUT2D eigenvalue weighted by Crippen LogP contribution is -2.35. The van der Waals surface area contributed by atoms with Crippen LogP contribution in [0.25, 0.3) is 0 Å². The first kappa shape index (κ1) is 17.2. The summed E-state index contributed by atoms with van der Waals surface area (Å²) in [6.07, 6.45) is -1.63. The number of aliphatic carboxylic acids is 2. The summed E-state index contributed by atoms with van der Waals surface area (Å²) < 4.78 is 0. The molecular weight excluding hydrogens is 224 g/mol. The van der Waals surface area contributed by atoms with Gasteiger partial charge < -0.3 is 30.6 Å². The molecule has 0 spiro atoms. The van der Waals surface area contributed by atoms with Gasteiger partial charge >= 0.3 is 11.9 Å². The predicted molar refractivity (Wildman–Crippen MR) is 50.6 cm³/mol. The number of aliphatic hydroxyl groups excluding tert-OH is 4.